The van der Waals surface area contributed by atoms with E-state index in [1.165, 1.54) is 0 Å². The van der Waals surface area contributed by atoms with E-state index in [2.05, 4.69) is 16.8 Å². The molecule has 0 unspecified atom stereocenters. The van der Waals surface area contributed by atoms with Gasteiger partial charge in [-0.1, -0.05) is 30.9 Å². The van der Waals surface area contributed by atoms with Gasteiger partial charge in [-0.15, -0.1) is 5.52 Å². The zero-order valence-corrected chi connectivity index (χ0v) is 12.9. The third kappa shape index (κ3) is 2.68. The summed E-state index contributed by atoms with van der Waals surface area (Å²) in [5.74, 6) is 0. The largest absolute Gasteiger partial charge is 0.575 e. The molecule has 64 valence electrons. The van der Waals surface area contributed by atoms with E-state index in [0.29, 0.717) is 0 Å². The Morgan fingerprint density at radius 1 is 1.38 bits per heavy atom. The summed E-state index contributed by atoms with van der Waals surface area (Å²) in [6, 6.07) is 5.96. The van der Waals surface area contributed by atoms with Crippen molar-refractivity contribution in [2.24, 2.45) is 0 Å². The van der Waals surface area contributed by atoms with E-state index in [-0.39, 0.29) is 47.0 Å². The standard InChI is InChI=1S/C9H7N2.Am.Y/c1-2-7-3-4-8-6-10-11-9(8)5-7;;/h2-6H,1H2;;/q-1;;. The van der Waals surface area contributed by atoms with Crippen molar-refractivity contribution in [3.8, 4) is 0 Å². The Labute approximate surface area is 110 Å². The van der Waals surface area contributed by atoms with Crippen LogP contribution < -0.4 is 5.10 Å². The van der Waals surface area contributed by atoms with Gasteiger partial charge >= 0.3 is 0 Å². The predicted molar refractivity (Wildman–Crippen MR) is 45.2 cm³/mol. The molecular weight excluding hydrogens is 468 g/mol. The second-order valence-corrected chi connectivity index (χ2v) is 2.37. The van der Waals surface area contributed by atoms with Crippen LogP contribution >= 0.6 is 0 Å². The molecule has 0 saturated heterocycles. The normalized spacial score (nSPS) is 8.62. The topological polar surface area (TPSA) is 27.0 Å². The van der Waals surface area contributed by atoms with Gasteiger partial charge < -0.3 is 10.2 Å². The Morgan fingerprint density at radius 3 is 2.85 bits per heavy atom. The number of benzene rings is 1. The van der Waals surface area contributed by atoms with Crippen molar-refractivity contribution in [2.75, 3.05) is 0 Å². The fourth-order valence-electron chi connectivity index (χ4n) is 1.04. The Kier molecular flexibility index (Phi) is 5.58. The number of fused-ring (bicyclic) bond motifs is 1. The Hall–Kier alpha value is -0.0765. The van der Waals surface area contributed by atoms with E-state index in [4.69, 9.17) is 0 Å². The molecule has 1 aromatic carbocycles. The molecule has 0 atom stereocenters. The summed E-state index contributed by atoms with van der Waals surface area (Å²) in [5.41, 5.74) is 2.01. The minimum atomic E-state index is 0. The number of hydrogen-bond donors (Lipinski definition) is 0. The van der Waals surface area contributed by atoms with Crippen LogP contribution in [0.2, 0.25) is 0 Å². The van der Waals surface area contributed by atoms with Gasteiger partial charge in [-0.2, -0.15) is 0 Å². The average Bonchev–Trinajstić information content (AvgIpc) is 2.50. The monoisotopic (exact) mass is 473 g/mol. The molecule has 13 heavy (non-hydrogen) atoms. The fraction of sp³-hybridized carbons (Fsp3) is 0. The summed E-state index contributed by atoms with van der Waals surface area (Å²) in [6.07, 6.45) is 3.55. The van der Waals surface area contributed by atoms with Gasteiger partial charge in [0.25, 0.3) is 0 Å². The minimum Gasteiger partial charge on any atom is -0.575 e. The molecule has 2 aromatic rings. The maximum Gasteiger partial charge on any atom is 0.00986 e. The number of aromatic nitrogens is 2. The van der Waals surface area contributed by atoms with Crippen molar-refractivity contribution in [3.05, 3.63) is 36.5 Å². The summed E-state index contributed by atoms with van der Waals surface area (Å²) in [5, 5.41) is 8.80. The van der Waals surface area contributed by atoms with Gasteiger partial charge in [0.05, 0.1) is 0 Å². The first-order valence-corrected chi connectivity index (χ1v) is 3.41. The van der Waals surface area contributed by atoms with Crippen molar-refractivity contribution in [1.29, 1.82) is 0 Å². The molecule has 1 heterocycles. The third-order valence-corrected chi connectivity index (χ3v) is 1.65. The molecule has 2 nitrogen and oxygen atoms in total. The van der Waals surface area contributed by atoms with Crippen molar-refractivity contribution >= 4 is 17.0 Å². The third-order valence-electron chi connectivity index (χ3n) is 1.65. The van der Waals surface area contributed by atoms with Crippen LogP contribution in [0.25, 0.3) is 17.0 Å². The summed E-state index contributed by atoms with van der Waals surface area (Å²) >= 11 is 0. The number of nitrogens with zero attached hydrogens (tertiary/aromatic N) is 2. The molecule has 0 aliphatic carbocycles. The summed E-state index contributed by atoms with van der Waals surface area (Å²) in [4.78, 5) is 0. The van der Waals surface area contributed by atoms with E-state index in [1.807, 2.05) is 18.2 Å². The molecule has 0 N–H and O–H groups in total. The van der Waals surface area contributed by atoms with Crippen LogP contribution in [0, 0.1) is 14.3 Å². The van der Waals surface area contributed by atoms with Crippen LogP contribution in [-0.4, -0.2) is 5.10 Å². The Morgan fingerprint density at radius 2 is 2.15 bits per heavy atom. The first kappa shape index (κ1) is 12.9. The van der Waals surface area contributed by atoms with Crippen LogP contribution in [0.3, 0.4) is 0 Å². The fourth-order valence-corrected chi connectivity index (χ4v) is 1.04. The molecule has 2 radical (unpaired) electrons. The molecule has 4 heteroatoms. The van der Waals surface area contributed by atoms with Gasteiger partial charge in [0.1, 0.15) is 0 Å². The van der Waals surface area contributed by atoms with Gasteiger partial charge in [-0.05, 0) is 10.9 Å². The first-order chi connectivity index (χ1) is 5.40. The van der Waals surface area contributed by atoms with E-state index in [9.17, 15) is 0 Å². The predicted octanol–water partition coefficient (Wildman–Crippen LogP) is 1.83. The maximum absolute atomic E-state index is 3.93. The minimum absolute atomic E-state index is 0. The molecule has 0 bridgehead atoms. The van der Waals surface area contributed by atoms with E-state index in [1.54, 1.807) is 12.3 Å². The van der Waals surface area contributed by atoms with Crippen molar-refractivity contribution in [1.82, 2.24) is 10.2 Å². The van der Waals surface area contributed by atoms with Crippen molar-refractivity contribution in [2.45, 2.75) is 0 Å². The Bertz CT molecular complexity index is 397. The Balaban J connectivity index is 0.000000720. The number of hydrogen-bond acceptors (Lipinski definition) is 1. The van der Waals surface area contributed by atoms with E-state index >= 15 is 0 Å². The number of rotatable bonds is 1. The van der Waals surface area contributed by atoms with E-state index in [0.717, 1.165) is 16.5 Å². The van der Waals surface area contributed by atoms with Gasteiger partial charge in [-0.25, -0.2) is 0 Å². The molecule has 0 amide bonds. The first-order valence-electron chi connectivity index (χ1n) is 3.41. The van der Waals surface area contributed by atoms with Gasteiger partial charge in [0, 0.05) is 53.2 Å². The smallest absolute Gasteiger partial charge is 0.00986 e. The SMILES string of the molecule is C=Cc1ccc2cn[n-]c2c1.[Am].[Y]. The zero-order valence-electron chi connectivity index (χ0n) is 6.94. The van der Waals surface area contributed by atoms with Crippen LogP contribution in [-0.2, 0) is 32.7 Å². The summed E-state index contributed by atoms with van der Waals surface area (Å²) in [6.45, 7) is 3.67. The molecule has 0 fully saturated rings. The molecular formula is C9H7AmN2Y-. The quantitative estimate of drug-likeness (QED) is 0.630. The second-order valence-electron chi connectivity index (χ2n) is 2.37. The molecule has 0 aliphatic rings. The van der Waals surface area contributed by atoms with Crippen molar-refractivity contribution in [3.63, 3.8) is 0 Å². The zero-order chi connectivity index (χ0) is 7.68. The second kappa shape index (κ2) is 5.61. The summed E-state index contributed by atoms with van der Waals surface area (Å²) in [7, 11) is 0. The average molecular weight is 475 g/mol. The van der Waals surface area contributed by atoms with Crippen LogP contribution in [0.15, 0.2) is 31.0 Å². The van der Waals surface area contributed by atoms with Gasteiger partial charge in [0.2, 0.25) is 0 Å². The van der Waals surface area contributed by atoms with Crippen molar-refractivity contribution < 1.29 is 47.0 Å². The van der Waals surface area contributed by atoms with E-state index < -0.39 is 0 Å². The molecule has 1 aromatic heterocycles. The van der Waals surface area contributed by atoms with Crippen LogP contribution in [0.5, 0.6) is 0 Å². The molecule has 0 spiro atoms. The molecule has 2 rings (SSSR count). The van der Waals surface area contributed by atoms with Gasteiger partial charge in [0.15, 0.2) is 0 Å². The molecule has 0 aliphatic heterocycles. The molecule has 0 saturated carbocycles. The van der Waals surface area contributed by atoms with Crippen LogP contribution in [0.4, 0.5) is 0 Å². The van der Waals surface area contributed by atoms with Crippen LogP contribution in [0.1, 0.15) is 5.56 Å². The summed E-state index contributed by atoms with van der Waals surface area (Å²) < 4.78 is 0. The van der Waals surface area contributed by atoms with Gasteiger partial charge in [-0.3, -0.25) is 0 Å². The maximum atomic E-state index is 3.93.